The molecular formula is C11H21N3. The van der Waals surface area contributed by atoms with Crippen LogP contribution in [0.2, 0.25) is 0 Å². The largest absolute Gasteiger partial charge is 0.336 e. The van der Waals surface area contributed by atoms with E-state index in [4.69, 9.17) is 0 Å². The number of imidazole rings is 1. The number of nitrogens with zero attached hydrogens (tertiary/aromatic N) is 2. The number of rotatable bonds is 5. The highest BCUT2D eigenvalue weighted by atomic mass is 15.1. The lowest BCUT2D eigenvalue weighted by atomic mass is 10.1. The van der Waals surface area contributed by atoms with Crippen molar-refractivity contribution in [1.82, 2.24) is 14.9 Å². The van der Waals surface area contributed by atoms with Crippen molar-refractivity contribution in [2.24, 2.45) is 5.92 Å². The molecule has 1 aromatic heterocycles. The first-order valence-corrected chi connectivity index (χ1v) is 5.31. The van der Waals surface area contributed by atoms with Crippen LogP contribution in [0, 0.1) is 5.92 Å². The van der Waals surface area contributed by atoms with Gasteiger partial charge in [-0.15, -0.1) is 0 Å². The zero-order chi connectivity index (χ0) is 10.6. The molecule has 0 bridgehead atoms. The Morgan fingerprint density at radius 1 is 1.29 bits per heavy atom. The molecule has 0 fully saturated rings. The molecule has 1 aromatic rings. The third-order valence-corrected chi connectivity index (χ3v) is 2.59. The molecule has 1 rings (SSSR count). The maximum absolute atomic E-state index is 4.02. The highest BCUT2D eigenvalue weighted by Crippen LogP contribution is 2.02. The quantitative estimate of drug-likeness (QED) is 0.777. The minimum absolute atomic E-state index is 0.488. The van der Waals surface area contributed by atoms with Crippen LogP contribution in [0.3, 0.4) is 0 Å². The van der Waals surface area contributed by atoms with Crippen LogP contribution in [0.5, 0.6) is 0 Å². The van der Waals surface area contributed by atoms with Crippen molar-refractivity contribution in [3.05, 3.63) is 18.7 Å². The monoisotopic (exact) mass is 195 g/mol. The first-order chi connectivity index (χ1) is 6.59. The van der Waals surface area contributed by atoms with Gasteiger partial charge in [-0.1, -0.05) is 13.8 Å². The third kappa shape index (κ3) is 3.50. The van der Waals surface area contributed by atoms with E-state index in [0.29, 0.717) is 18.0 Å². The topological polar surface area (TPSA) is 29.9 Å². The number of aromatic nitrogens is 2. The Labute approximate surface area is 86.5 Å². The zero-order valence-electron chi connectivity index (χ0n) is 9.57. The van der Waals surface area contributed by atoms with Gasteiger partial charge in [-0.25, -0.2) is 4.98 Å². The van der Waals surface area contributed by atoms with Gasteiger partial charge in [0, 0.05) is 31.0 Å². The minimum atomic E-state index is 0.488. The fraction of sp³-hybridized carbons (Fsp3) is 0.727. The Morgan fingerprint density at radius 2 is 2.00 bits per heavy atom. The van der Waals surface area contributed by atoms with E-state index in [1.54, 1.807) is 0 Å². The van der Waals surface area contributed by atoms with Crippen molar-refractivity contribution in [2.45, 2.75) is 46.3 Å². The predicted molar refractivity (Wildman–Crippen MR) is 59.1 cm³/mol. The van der Waals surface area contributed by atoms with Gasteiger partial charge < -0.3 is 9.88 Å². The van der Waals surface area contributed by atoms with E-state index in [0.717, 1.165) is 6.54 Å². The van der Waals surface area contributed by atoms with Gasteiger partial charge in [0.05, 0.1) is 6.33 Å². The Kier molecular flexibility index (Phi) is 4.14. The lowest BCUT2D eigenvalue weighted by molar-refractivity contribution is 0.360. The summed E-state index contributed by atoms with van der Waals surface area (Å²) >= 11 is 0. The van der Waals surface area contributed by atoms with Gasteiger partial charge in [0.1, 0.15) is 0 Å². The van der Waals surface area contributed by atoms with Crippen LogP contribution in [0.25, 0.3) is 0 Å². The van der Waals surface area contributed by atoms with Gasteiger partial charge in [0.2, 0.25) is 0 Å². The Balaban J connectivity index is 2.32. The number of nitrogens with one attached hydrogen (secondary N) is 1. The fourth-order valence-corrected chi connectivity index (χ4v) is 1.40. The second kappa shape index (κ2) is 5.15. The summed E-state index contributed by atoms with van der Waals surface area (Å²) in [6.45, 7) is 9.90. The van der Waals surface area contributed by atoms with Crippen LogP contribution in [-0.2, 0) is 6.54 Å². The van der Waals surface area contributed by atoms with Gasteiger partial charge in [-0.2, -0.15) is 0 Å². The Bertz CT molecular complexity index is 241. The minimum Gasteiger partial charge on any atom is -0.336 e. The van der Waals surface area contributed by atoms with E-state index in [2.05, 4.69) is 42.6 Å². The summed E-state index contributed by atoms with van der Waals surface area (Å²) in [6.07, 6.45) is 5.68. The van der Waals surface area contributed by atoms with Crippen LogP contribution >= 0.6 is 0 Å². The van der Waals surface area contributed by atoms with E-state index in [9.17, 15) is 0 Å². The molecule has 80 valence electrons. The van der Waals surface area contributed by atoms with E-state index >= 15 is 0 Å². The first kappa shape index (κ1) is 11.2. The SMILES string of the molecule is CC(Cn1ccnc1)NC(C)C(C)C. The summed E-state index contributed by atoms with van der Waals surface area (Å²) in [7, 11) is 0. The number of hydrogen-bond acceptors (Lipinski definition) is 2. The van der Waals surface area contributed by atoms with E-state index in [-0.39, 0.29) is 0 Å². The van der Waals surface area contributed by atoms with Gasteiger partial charge in [-0.05, 0) is 19.8 Å². The van der Waals surface area contributed by atoms with Gasteiger partial charge in [0.25, 0.3) is 0 Å². The van der Waals surface area contributed by atoms with E-state index in [1.807, 2.05) is 18.7 Å². The van der Waals surface area contributed by atoms with E-state index < -0.39 is 0 Å². The molecule has 0 aromatic carbocycles. The molecule has 3 nitrogen and oxygen atoms in total. The second-order valence-corrected chi connectivity index (χ2v) is 4.36. The summed E-state index contributed by atoms with van der Waals surface area (Å²) in [5, 5.41) is 3.57. The molecule has 1 N–H and O–H groups in total. The molecule has 0 saturated carbocycles. The van der Waals surface area contributed by atoms with E-state index in [1.165, 1.54) is 0 Å². The lowest BCUT2D eigenvalue weighted by Gasteiger charge is -2.23. The van der Waals surface area contributed by atoms with Crippen molar-refractivity contribution in [1.29, 1.82) is 0 Å². The molecule has 0 aliphatic rings. The van der Waals surface area contributed by atoms with Crippen molar-refractivity contribution in [3.63, 3.8) is 0 Å². The van der Waals surface area contributed by atoms with Crippen molar-refractivity contribution in [3.8, 4) is 0 Å². The van der Waals surface area contributed by atoms with Crippen molar-refractivity contribution < 1.29 is 0 Å². The van der Waals surface area contributed by atoms with Crippen LogP contribution in [0.15, 0.2) is 18.7 Å². The highest BCUT2D eigenvalue weighted by molar-refractivity contribution is 4.78. The number of hydrogen-bond donors (Lipinski definition) is 1. The predicted octanol–water partition coefficient (Wildman–Crippen LogP) is 1.91. The van der Waals surface area contributed by atoms with Gasteiger partial charge in [0.15, 0.2) is 0 Å². The molecule has 0 aliphatic carbocycles. The molecule has 14 heavy (non-hydrogen) atoms. The van der Waals surface area contributed by atoms with Crippen LogP contribution in [0.1, 0.15) is 27.7 Å². The molecule has 0 radical (unpaired) electrons. The second-order valence-electron chi connectivity index (χ2n) is 4.36. The highest BCUT2D eigenvalue weighted by Gasteiger charge is 2.10. The normalized spacial score (nSPS) is 15.8. The Hall–Kier alpha value is -0.830. The van der Waals surface area contributed by atoms with Gasteiger partial charge >= 0.3 is 0 Å². The van der Waals surface area contributed by atoms with Crippen LogP contribution in [-0.4, -0.2) is 21.6 Å². The standard InChI is InChI=1S/C11H21N3/c1-9(2)11(4)13-10(3)7-14-6-5-12-8-14/h5-6,8-11,13H,7H2,1-4H3. The van der Waals surface area contributed by atoms with Gasteiger partial charge in [-0.3, -0.25) is 0 Å². The molecule has 0 saturated heterocycles. The fourth-order valence-electron chi connectivity index (χ4n) is 1.40. The summed E-state index contributed by atoms with van der Waals surface area (Å²) in [4.78, 5) is 4.02. The van der Waals surface area contributed by atoms with Crippen LogP contribution in [0.4, 0.5) is 0 Å². The zero-order valence-corrected chi connectivity index (χ0v) is 9.57. The summed E-state index contributed by atoms with van der Waals surface area (Å²) in [5.41, 5.74) is 0. The molecule has 0 spiro atoms. The molecule has 2 unspecified atom stereocenters. The van der Waals surface area contributed by atoms with Crippen molar-refractivity contribution in [2.75, 3.05) is 0 Å². The maximum Gasteiger partial charge on any atom is 0.0946 e. The molecule has 0 aliphatic heterocycles. The summed E-state index contributed by atoms with van der Waals surface area (Å²) in [6, 6.07) is 1.05. The molecule has 0 amide bonds. The molecule has 2 atom stereocenters. The Morgan fingerprint density at radius 3 is 2.50 bits per heavy atom. The smallest absolute Gasteiger partial charge is 0.0946 e. The first-order valence-electron chi connectivity index (χ1n) is 5.31. The average molecular weight is 195 g/mol. The third-order valence-electron chi connectivity index (χ3n) is 2.59. The lowest BCUT2D eigenvalue weighted by Crippen LogP contribution is -2.39. The molecular weight excluding hydrogens is 174 g/mol. The summed E-state index contributed by atoms with van der Waals surface area (Å²) in [5.74, 6) is 0.681. The van der Waals surface area contributed by atoms with Crippen LogP contribution < -0.4 is 5.32 Å². The molecule has 1 heterocycles. The summed E-state index contributed by atoms with van der Waals surface area (Å²) < 4.78 is 2.10. The maximum atomic E-state index is 4.02. The molecule has 3 heteroatoms. The average Bonchev–Trinajstić information content (AvgIpc) is 2.56. The van der Waals surface area contributed by atoms with Crippen molar-refractivity contribution >= 4 is 0 Å².